The van der Waals surface area contributed by atoms with Gasteiger partial charge >= 0.3 is 0 Å². The van der Waals surface area contributed by atoms with Crippen molar-refractivity contribution in [1.29, 1.82) is 0 Å². The van der Waals surface area contributed by atoms with Gasteiger partial charge in [-0.25, -0.2) is 9.97 Å². The second-order valence-corrected chi connectivity index (χ2v) is 7.82. The van der Waals surface area contributed by atoms with Crippen LogP contribution >= 0.6 is 22.9 Å². The summed E-state index contributed by atoms with van der Waals surface area (Å²) in [6, 6.07) is 14.6. The molecule has 1 N–H and O–H groups in total. The van der Waals surface area contributed by atoms with Crippen LogP contribution in [0.3, 0.4) is 0 Å². The van der Waals surface area contributed by atoms with Gasteiger partial charge < -0.3 is 10.1 Å². The standard InChI is InChI=1S/C22H17ClN4O2S/c1-14-19(30-22(26-14)16-4-6-17(23)7-5-16)21(28)27-20-18(3-2-10-25-20)29-13-15-8-11-24-12-9-15/h2-12H,13H2,1H3,(H,25,27,28). The van der Waals surface area contributed by atoms with Gasteiger partial charge in [-0.3, -0.25) is 9.78 Å². The number of halogens is 1. The first kappa shape index (κ1) is 20.0. The highest BCUT2D eigenvalue weighted by Crippen LogP contribution is 2.30. The van der Waals surface area contributed by atoms with Crippen molar-refractivity contribution in [2.75, 3.05) is 5.32 Å². The smallest absolute Gasteiger partial charge is 0.268 e. The van der Waals surface area contributed by atoms with Crippen molar-refractivity contribution >= 4 is 34.7 Å². The van der Waals surface area contributed by atoms with E-state index in [2.05, 4.69) is 20.3 Å². The van der Waals surface area contributed by atoms with Crippen LogP contribution < -0.4 is 10.1 Å². The van der Waals surface area contributed by atoms with E-state index in [1.807, 2.05) is 31.2 Å². The summed E-state index contributed by atoms with van der Waals surface area (Å²) in [7, 11) is 0. The van der Waals surface area contributed by atoms with E-state index in [0.717, 1.165) is 16.1 Å². The third kappa shape index (κ3) is 4.64. The van der Waals surface area contributed by atoms with Crippen LogP contribution in [0.2, 0.25) is 5.02 Å². The normalized spacial score (nSPS) is 10.6. The molecule has 0 saturated carbocycles. The first-order valence-corrected chi connectivity index (χ1v) is 10.3. The number of aryl methyl sites for hydroxylation is 1. The molecule has 3 aromatic heterocycles. The van der Waals surface area contributed by atoms with Crippen LogP contribution in [0.5, 0.6) is 5.75 Å². The molecule has 0 atom stereocenters. The molecular formula is C22H17ClN4O2S. The maximum absolute atomic E-state index is 12.9. The van der Waals surface area contributed by atoms with Gasteiger partial charge in [0.05, 0.1) is 5.69 Å². The Kier molecular flexibility index (Phi) is 6.02. The average Bonchev–Trinajstić information content (AvgIpc) is 3.16. The summed E-state index contributed by atoms with van der Waals surface area (Å²) < 4.78 is 5.85. The number of hydrogen-bond donors (Lipinski definition) is 1. The van der Waals surface area contributed by atoms with Crippen molar-refractivity contribution in [3.8, 4) is 16.3 Å². The molecule has 150 valence electrons. The lowest BCUT2D eigenvalue weighted by molar-refractivity contribution is 0.102. The molecule has 30 heavy (non-hydrogen) atoms. The van der Waals surface area contributed by atoms with Gasteiger partial charge in [-0.15, -0.1) is 11.3 Å². The quantitative estimate of drug-likeness (QED) is 0.438. The predicted molar refractivity (Wildman–Crippen MR) is 118 cm³/mol. The topological polar surface area (TPSA) is 77.0 Å². The molecule has 0 fully saturated rings. The van der Waals surface area contributed by atoms with E-state index < -0.39 is 0 Å². The number of anilines is 1. The van der Waals surface area contributed by atoms with Crippen LogP contribution in [0.25, 0.3) is 10.6 Å². The molecule has 0 spiro atoms. The van der Waals surface area contributed by atoms with Gasteiger partial charge in [0.25, 0.3) is 5.91 Å². The molecule has 0 radical (unpaired) electrons. The lowest BCUT2D eigenvalue weighted by atomic mass is 10.2. The molecule has 0 saturated heterocycles. The first-order valence-electron chi connectivity index (χ1n) is 9.11. The molecule has 0 bridgehead atoms. The zero-order valence-electron chi connectivity index (χ0n) is 16.0. The number of hydrogen-bond acceptors (Lipinski definition) is 6. The summed E-state index contributed by atoms with van der Waals surface area (Å²) in [5.74, 6) is 0.567. The number of ether oxygens (including phenoxy) is 1. The van der Waals surface area contributed by atoms with Gasteiger partial charge in [-0.1, -0.05) is 23.7 Å². The summed E-state index contributed by atoms with van der Waals surface area (Å²) >= 11 is 7.27. The third-order valence-corrected chi connectivity index (χ3v) is 5.70. The number of thiazole rings is 1. The van der Waals surface area contributed by atoms with E-state index in [-0.39, 0.29) is 5.91 Å². The summed E-state index contributed by atoms with van der Waals surface area (Å²) in [5, 5.41) is 4.25. The van der Waals surface area contributed by atoms with Crippen LogP contribution in [0.4, 0.5) is 5.82 Å². The Morgan fingerprint density at radius 2 is 1.87 bits per heavy atom. The molecule has 0 aliphatic heterocycles. The Morgan fingerprint density at radius 1 is 1.10 bits per heavy atom. The van der Waals surface area contributed by atoms with Crippen molar-refractivity contribution in [2.45, 2.75) is 13.5 Å². The molecule has 0 aliphatic rings. The highest BCUT2D eigenvalue weighted by Gasteiger charge is 2.18. The van der Waals surface area contributed by atoms with Crippen molar-refractivity contribution < 1.29 is 9.53 Å². The van der Waals surface area contributed by atoms with Crippen molar-refractivity contribution in [3.63, 3.8) is 0 Å². The Bertz CT molecular complexity index is 1160. The zero-order chi connectivity index (χ0) is 20.9. The van der Waals surface area contributed by atoms with Crippen LogP contribution in [-0.2, 0) is 6.61 Å². The lowest BCUT2D eigenvalue weighted by Crippen LogP contribution is -2.13. The summed E-state index contributed by atoms with van der Waals surface area (Å²) in [5.41, 5.74) is 2.53. The highest BCUT2D eigenvalue weighted by molar-refractivity contribution is 7.17. The molecule has 4 aromatic rings. The fourth-order valence-corrected chi connectivity index (χ4v) is 3.82. The Hall–Kier alpha value is -3.29. The number of nitrogens with zero attached hydrogens (tertiary/aromatic N) is 3. The van der Waals surface area contributed by atoms with E-state index in [1.165, 1.54) is 11.3 Å². The predicted octanol–water partition coefficient (Wildman–Crippen LogP) is 5.39. The summed E-state index contributed by atoms with van der Waals surface area (Å²) in [4.78, 5) is 26.2. The third-order valence-electron chi connectivity index (χ3n) is 4.24. The Morgan fingerprint density at radius 3 is 2.63 bits per heavy atom. The van der Waals surface area contributed by atoms with Gasteiger partial charge in [0, 0.05) is 29.2 Å². The van der Waals surface area contributed by atoms with Gasteiger partial charge in [0.1, 0.15) is 16.5 Å². The lowest BCUT2D eigenvalue weighted by Gasteiger charge is -2.11. The van der Waals surface area contributed by atoms with Gasteiger partial charge in [0.2, 0.25) is 0 Å². The van der Waals surface area contributed by atoms with E-state index in [1.54, 1.807) is 42.9 Å². The van der Waals surface area contributed by atoms with E-state index in [4.69, 9.17) is 16.3 Å². The molecule has 8 heteroatoms. The number of aromatic nitrogens is 3. The average molecular weight is 437 g/mol. The molecule has 6 nitrogen and oxygen atoms in total. The maximum Gasteiger partial charge on any atom is 0.268 e. The highest BCUT2D eigenvalue weighted by atomic mass is 35.5. The monoisotopic (exact) mass is 436 g/mol. The van der Waals surface area contributed by atoms with Crippen LogP contribution in [0.1, 0.15) is 20.9 Å². The number of carbonyl (C=O) groups excluding carboxylic acids is 1. The molecule has 1 aromatic carbocycles. The molecule has 1 amide bonds. The minimum absolute atomic E-state index is 0.280. The van der Waals surface area contributed by atoms with E-state index in [0.29, 0.717) is 33.8 Å². The summed E-state index contributed by atoms with van der Waals surface area (Å²) in [6.07, 6.45) is 5.01. The summed E-state index contributed by atoms with van der Waals surface area (Å²) in [6.45, 7) is 2.15. The number of carbonyl (C=O) groups is 1. The van der Waals surface area contributed by atoms with Crippen LogP contribution in [-0.4, -0.2) is 20.9 Å². The number of amides is 1. The van der Waals surface area contributed by atoms with Crippen molar-refractivity contribution in [3.05, 3.63) is 88.3 Å². The SMILES string of the molecule is Cc1nc(-c2ccc(Cl)cc2)sc1C(=O)Nc1ncccc1OCc1ccncc1. The van der Waals surface area contributed by atoms with E-state index in [9.17, 15) is 4.79 Å². The molecule has 3 heterocycles. The van der Waals surface area contributed by atoms with Gasteiger partial charge in [0.15, 0.2) is 11.6 Å². The van der Waals surface area contributed by atoms with Crippen molar-refractivity contribution in [1.82, 2.24) is 15.0 Å². The number of rotatable bonds is 6. The fourth-order valence-electron chi connectivity index (χ4n) is 2.73. The first-order chi connectivity index (χ1) is 14.6. The van der Waals surface area contributed by atoms with Crippen LogP contribution in [0, 0.1) is 6.92 Å². The number of pyridine rings is 2. The van der Waals surface area contributed by atoms with Crippen molar-refractivity contribution in [2.24, 2.45) is 0 Å². The minimum atomic E-state index is -0.280. The Balaban J connectivity index is 1.51. The molecule has 0 unspecified atom stereocenters. The Labute approximate surface area is 182 Å². The van der Waals surface area contributed by atoms with Gasteiger partial charge in [-0.05, 0) is 48.9 Å². The molecule has 0 aliphatic carbocycles. The maximum atomic E-state index is 12.9. The second-order valence-electron chi connectivity index (χ2n) is 6.39. The number of benzene rings is 1. The van der Waals surface area contributed by atoms with E-state index >= 15 is 0 Å². The molecular weight excluding hydrogens is 420 g/mol. The van der Waals surface area contributed by atoms with Crippen LogP contribution in [0.15, 0.2) is 67.1 Å². The minimum Gasteiger partial charge on any atom is -0.485 e. The fraction of sp³-hybridized carbons (Fsp3) is 0.0909. The second kappa shape index (κ2) is 9.02. The molecule has 4 rings (SSSR count). The number of nitrogens with one attached hydrogen (secondary N) is 1. The zero-order valence-corrected chi connectivity index (χ0v) is 17.6. The van der Waals surface area contributed by atoms with Gasteiger partial charge in [-0.2, -0.15) is 0 Å². The largest absolute Gasteiger partial charge is 0.485 e.